The molecule has 1 amide bonds. The number of thiazole rings is 1. The van der Waals surface area contributed by atoms with Crippen LogP contribution in [0.3, 0.4) is 0 Å². The highest BCUT2D eigenvalue weighted by molar-refractivity contribution is 7.14. The molecule has 0 aliphatic heterocycles. The predicted octanol–water partition coefficient (Wildman–Crippen LogP) is 3.58. The van der Waals surface area contributed by atoms with Crippen LogP contribution in [0.4, 0.5) is 9.52 Å². The lowest BCUT2D eigenvalue weighted by molar-refractivity contribution is -0.115. The van der Waals surface area contributed by atoms with Crippen LogP contribution in [0.15, 0.2) is 37.6 Å². The van der Waals surface area contributed by atoms with Gasteiger partial charge in [0.2, 0.25) is 16.8 Å². The number of fused-ring (bicyclic) bond motifs is 1. The third-order valence-electron chi connectivity index (χ3n) is 4.58. The molecule has 0 saturated heterocycles. The first-order chi connectivity index (χ1) is 14.7. The van der Waals surface area contributed by atoms with Gasteiger partial charge in [-0.25, -0.2) is 14.2 Å². The number of rotatable bonds is 4. The maximum Gasteiger partial charge on any atom is 0.333 e. The van der Waals surface area contributed by atoms with Gasteiger partial charge in [-0.3, -0.25) is 18.7 Å². The molecule has 3 heterocycles. The number of aryl methyl sites for hydroxylation is 1. The fourth-order valence-corrected chi connectivity index (χ4v) is 4.29. The molecule has 0 unspecified atom stereocenters. The minimum Gasteiger partial charge on any atom is -0.427 e. The van der Waals surface area contributed by atoms with Crippen LogP contribution >= 0.6 is 34.5 Å². The van der Waals surface area contributed by atoms with Gasteiger partial charge in [0.25, 0.3) is 5.56 Å². The van der Waals surface area contributed by atoms with Gasteiger partial charge in [-0.15, -0.1) is 11.3 Å². The second kappa shape index (κ2) is 7.95. The monoisotopic (exact) mass is 482 g/mol. The summed E-state index contributed by atoms with van der Waals surface area (Å²) in [5, 5.41) is 4.66. The fraction of sp³-hybridized carbons (Fsp3) is 0.158. The third-order valence-corrected chi connectivity index (χ3v) is 5.86. The number of benzene rings is 1. The molecule has 8 nitrogen and oxygen atoms in total. The summed E-state index contributed by atoms with van der Waals surface area (Å²) < 4.78 is 21.0. The van der Waals surface area contributed by atoms with Gasteiger partial charge in [-0.1, -0.05) is 11.6 Å². The van der Waals surface area contributed by atoms with Gasteiger partial charge in [0.15, 0.2) is 5.13 Å². The van der Waals surface area contributed by atoms with Crippen molar-refractivity contribution in [3.8, 4) is 11.3 Å². The number of carbonyl (C=O) groups is 1. The molecule has 0 spiro atoms. The molecule has 4 rings (SSSR count). The molecular formula is C19H13Cl2FN4O4S. The van der Waals surface area contributed by atoms with Crippen LogP contribution in [0.2, 0.25) is 10.2 Å². The molecule has 0 atom stereocenters. The third kappa shape index (κ3) is 3.89. The van der Waals surface area contributed by atoms with E-state index in [1.165, 1.54) is 26.2 Å². The first kappa shape index (κ1) is 21.3. The van der Waals surface area contributed by atoms with Gasteiger partial charge in [-0.2, -0.15) is 0 Å². The first-order valence-corrected chi connectivity index (χ1v) is 10.4. The number of anilines is 1. The summed E-state index contributed by atoms with van der Waals surface area (Å²) in [5.41, 5.74) is -0.130. The van der Waals surface area contributed by atoms with Crippen molar-refractivity contribution < 1.29 is 13.6 Å². The van der Waals surface area contributed by atoms with Crippen LogP contribution in [0, 0.1) is 5.82 Å². The Balaban J connectivity index is 1.61. The van der Waals surface area contributed by atoms with E-state index < -0.39 is 23.0 Å². The van der Waals surface area contributed by atoms with E-state index in [1.54, 1.807) is 11.4 Å². The smallest absolute Gasteiger partial charge is 0.333 e. The van der Waals surface area contributed by atoms with Crippen molar-refractivity contribution in [3.63, 3.8) is 0 Å². The Morgan fingerprint density at radius 3 is 2.68 bits per heavy atom. The quantitative estimate of drug-likeness (QED) is 0.479. The lowest BCUT2D eigenvalue weighted by atomic mass is 10.1. The first-order valence-electron chi connectivity index (χ1n) is 8.74. The SMILES string of the molecule is Cn1c(=O)c2c(CC(=O)Nc3nc(-c4cc(F)cc(Cl)c4)cs3)c(Cl)oc2n(C)c1=O. The topological polar surface area (TPSA) is 99.1 Å². The molecule has 0 bridgehead atoms. The number of carbonyl (C=O) groups excluding carboxylic acids is 1. The molecular weight excluding hydrogens is 470 g/mol. The van der Waals surface area contributed by atoms with E-state index in [4.69, 9.17) is 27.6 Å². The molecule has 0 radical (unpaired) electrons. The van der Waals surface area contributed by atoms with Gasteiger partial charge in [-0.05, 0) is 29.8 Å². The second-order valence-corrected chi connectivity index (χ2v) is 8.30. The van der Waals surface area contributed by atoms with E-state index in [0.29, 0.717) is 11.3 Å². The lowest BCUT2D eigenvalue weighted by Crippen LogP contribution is -2.36. The second-order valence-electron chi connectivity index (χ2n) is 6.66. The summed E-state index contributed by atoms with van der Waals surface area (Å²) in [4.78, 5) is 41.4. The molecule has 1 aromatic carbocycles. The standard InChI is InChI=1S/C19H13Cl2FN4O4S/c1-25-16(28)14-11(15(21)30-17(14)26(2)19(25)29)6-13(27)24-18-23-12(7-31-18)8-3-9(20)5-10(22)4-8/h3-5,7H,6H2,1-2H3,(H,23,24,27). The van der Waals surface area contributed by atoms with Crippen molar-refractivity contribution >= 4 is 56.7 Å². The zero-order valence-electron chi connectivity index (χ0n) is 16.0. The number of hydrogen-bond acceptors (Lipinski definition) is 6. The Hall–Kier alpha value is -2.95. The van der Waals surface area contributed by atoms with E-state index in [1.807, 2.05) is 0 Å². The van der Waals surface area contributed by atoms with E-state index >= 15 is 0 Å². The zero-order chi connectivity index (χ0) is 22.4. The maximum absolute atomic E-state index is 13.6. The van der Waals surface area contributed by atoms with Crippen LogP contribution in [-0.4, -0.2) is 20.0 Å². The minimum absolute atomic E-state index is 0.0135. The van der Waals surface area contributed by atoms with Crippen LogP contribution in [0.25, 0.3) is 22.4 Å². The lowest BCUT2D eigenvalue weighted by Gasteiger charge is -2.03. The van der Waals surface area contributed by atoms with Crippen LogP contribution in [0.5, 0.6) is 0 Å². The van der Waals surface area contributed by atoms with Gasteiger partial charge in [0.1, 0.15) is 11.2 Å². The van der Waals surface area contributed by atoms with Crippen molar-refractivity contribution in [2.24, 2.45) is 14.1 Å². The Kier molecular flexibility index (Phi) is 5.46. The van der Waals surface area contributed by atoms with Gasteiger partial charge in [0.05, 0.1) is 12.1 Å². The van der Waals surface area contributed by atoms with Gasteiger partial charge in [0, 0.05) is 35.6 Å². The van der Waals surface area contributed by atoms with Crippen molar-refractivity contribution in [1.29, 1.82) is 0 Å². The highest BCUT2D eigenvalue weighted by Gasteiger charge is 2.23. The highest BCUT2D eigenvalue weighted by atomic mass is 35.5. The number of furan rings is 1. The molecule has 4 aromatic rings. The van der Waals surface area contributed by atoms with Crippen LogP contribution in [-0.2, 0) is 25.3 Å². The number of hydrogen-bond donors (Lipinski definition) is 1. The fourth-order valence-electron chi connectivity index (χ4n) is 3.10. The largest absolute Gasteiger partial charge is 0.427 e. The molecule has 160 valence electrons. The molecule has 0 aliphatic rings. The Morgan fingerprint density at radius 1 is 1.23 bits per heavy atom. The summed E-state index contributed by atoms with van der Waals surface area (Å²) in [6.45, 7) is 0. The molecule has 1 N–H and O–H groups in total. The van der Waals surface area contributed by atoms with E-state index in [9.17, 15) is 18.8 Å². The van der Waals surface area contributed by atoms with Crippen molar-refractivity contribution in [2.75, 3.05) is 5.32 Å². The number of aromatic nitrogens is 3. The molecule has 3 aromatic heterocycles. The Labute approximate surface area is 187 Å². The normalized spacial score (nSPS) is 11.3. The number of amides is 1. The van der Waals surface area contributed by atoms with Gasteiger partial charge >= 0.3 is 5.69 Å². The number of nitrogens with zero attached hydrogens (tertiary/aromatic N) is 3. The Morgan fingerprint density at radius 2 is 1.97 bits per heavy atom. The van der Waals surface area contributed by atoms with Crippen molar-refractivity contribution in [3.05, 3.63) is 66.0 Å². The number of nitrogens with one attached hydrogen (secondary N) is 1. The van der Waals surface area contributed by atoms with E-state index in [2.05, 4.69) is 10.3 Å². The van der Waals surface area contributed by atoms with Crippen LogP contribution in [0.1, 0.15) is 5.56 Å². The van der Waals surface area contributed by atoms with E-state index in [0.717, 1.165) is 20.5 Å². The average molecular weight is 483 g/mol. The summed E-state index contributed by atoms with van der Waals surface area (Å²) in [6, 6.07) is 4.02. The van der Waals surface area contributed by atoms with E-state index in [-0.39, 0.29) is 38.5 Å². The average Bonchev–Trinajstić information content (AvgIpc) is 3.29. The van der Waals surface area contributed by atoms with Crippen LogP contribution < -0.4 is 16.6 Å². The zero-order valence-corrected chi connectivity index (χ0v) is 18.4. The maximum atomic E-state index is 13.6. The summed E-state index contributed by atoms with van der Waals surface area (Å²) in [5.74, 6) is -1.00. The Bertz CT molecular complexity index is 1450. The summed E-state index contributed by atoms with van der Waals surface area (Å²) in [6.07, 6.45) is -0.278. The summed E-state index contributed by atoms with van der Waals surface area (Å²) >= 11 is 13.1. The molecule has 0 fully saturated rings. The number of halogens is 3. The van der Waals surface area contributed by atoms with Crippen molar-refractivity contribution in [1.82, 2.24) is 14.1 Å². The molecule has 0 aliphatic carbocycles. The minimum atomic E-state index is -0.615. The molecule has 0 saturated carbocycles. The van der Waals surface area contributed by atoms with Crippen molar-refractivity contribution in [2.45, 2.75) is 6.42 Å². The predicted molar refractivity (Wildman–Crippen MR) is 117 cm³/mol. The summed E-state index contributed by atoms with van der Waals surface area (Å²) in [7, 11) is 2.76. The highest BCUT2D eigenvalue weighted by Crippen LogP contribution is 2.29. The van der Waals surface area contributed by atoms with Gasteiger partial charge < -0.3 is 9.73 Å². The molecule has 12 heteroatoms. The molecule has 31 heavy (non-hydrogen) atoms.